The SMILES string of the molecule is OC(CC1CCCc2ccccc21)c1occc1Br. The highest BCUT2D eigenvalue weighted by molar-refractivity contribution is 9.10. The highest BCUT2D eigenvalue weighted by Gasteiger charge is 2.25. The van der Waals surface area contributed by atoms with Gasteiger partial charge in [-0.15, -0.1) is 0 Å². The van der Waals surface area contributed by atoms with Crippen molar-refractivity contribution < 1.29 is 9.52 Å². The first-order valence-corrected chi connectivity index (χ1v) is 7.54. The monoisotopic (exact) mass is 320 g/mol. The Morgan fingerprint density at radius 2 is 2.16 bits per heavy atom. The van der Waals surface area contributed by atoms with Crippen molar-refractivity contribution >= 4 is 15.9 Å². The number of hydrogen-bond acceptors (Lipinski definition) is 2. The van der Waals surface area contributed by atoms with Gasteiger partial charge in [-0.05, 0) is 64.7 Å². The molecule has 0 radical (unpaired) electrons. The van der Waals surface area contributed by atoms with Crippen molar-refractivity contribution in [2.45, 2.75) is 37.7 Å². The van der Waals surface area contributed by atoms with Crippen LogP contribution in [0.5, 0.6) is 0 Å². The number of halogens is 1. The summed E-state index contributed by atoms with van der Waals surface area (Å²) in [5, 5.41) is 10.3. The molecule has 2 unspecified atom stereocenters. The van der Waals surface area contributed by atoms with Gasteiger partial charge in [-0.3, -0.25) is 0 Å². The summed E-state index contributed by atoms with van der Waals surface area (Å²) in [5.74, 6) is 1.07. The van der Waals surface area contributed by atoms with Crippen LogP contribution < -0.4 is 0 Å². The van der Waals surface area contributed by atoms with Crippen LogP contribution >= 0.6 is 15.9 Å². The van der Waals surface area contributed by atoms with Crippen molar-refractivity contribution in [3.8, 4) is 0 Å². The minimum absolute atomic E-state index is 0.428. The van der Waals surface area contributed by atoms with Crippen LogP contribution in [0.25, 0.3) is 0 Å². The van der Waals surface area contributed by atoms with Gasteiger partial charge in [-0.2, -0.15) is 0 Å². The van der Waals surface area contributed by atoms with E-state index in [1.807, 2.05) is 6.07 Å². The van der Waals surface area contributed by atoms with Gasteiger partial charge in [0, 0.05) is 0 Å². The summed E-state index contributed by atoms with van der Waals surface area (Å²) < 4.78 is 6.21. The van der Waals surface area contributed by atoms with Crippen LogP contribution in [0.3, 0.4) is 0 Å². The zero-order chi connectivity index (χ0) is 13.2. The number of furan rings is 1. The number of fused-ring (bicyclic) bond motifs is 1. The first kappa shape index (κ1) is 12.9. The molecule has 0 amide bonds. The van der Waals surface area contributed by atoms with Crippen molar-refractivity contribution in [1.29, 1.82) is 0 Å². The molecule has 1 N–H and O–H groups in total. The number of benzene rings is 1. The zero-order valence-electron chi connectivity index (χ0n) is 10.7. The lowest BCUT2D eigenvalue weighted by Crippen LogP contribution is -2.13. The molecule has 2 atom stereocenters. The maximum absolute atomic E-state index is 10.3. The minimum atomic E-state index is -0.541. The molecule has 19 heavy (non-hydrogen) atoms. The van der Waals surface area contributed by atoms with E-state index in [0.717, 1.165) is 23.7 Å². The Kier molecular flexibility index (Phi) is 3.76. The summed E-state index contributed by atoms with van der Waals surface area (Å²) in [4.78, 5) is 0. The third kappa shape index (κ3) is 2.63. The second kappa shape index (κ2) is 5.51. The Labute approximate surface area is 121 Å². The fraction of sp³-hybridized carbons (Fsp3) is 0.375. The van der Waals surface area contributed by atoms with Gasteiger partial charge in [-0.25, -0.2) is 0 Å². The van der Waals surface area contributed by atoms with E-state index in [4.69, 9.17) is 4.42 Å². The molecule has 0 saturated heterocycles. The van der Waals surface area contributed by atoms with Gasteiger partial charge in [0.2, 0.25) is 0 Å². The largest absolute Gasteiger partial charge is 0.465 e. The fourth-order valence-corrected chi connectivity index (χ4v) is 3.48. The van der Waals surface area contributed by atoms with Gasteiger partial charge in [0.05, 0.1) is 10.7 Å². The summed E-state index contributed by atoms with van der Waals surface area (Å²) in [5.41, 5.74) is 2.83. The van der Waals surface area contributed by atoms with E-state index in [2.05, 4.69) is 40.2 Å². The minimum Gasteiger partial charge on any atom is -0.465 e. The molecule has 1 heterocycles. The van der Waals surface area contributed by atoms with Crippen LogP contribution in [0, 0.1) is 0 Å². The molecular weight excluding hydrogens is 304 g/mol. The van der Waals surface area contributed by atoms with E-state index in [1.165, 1.54) is 17.5 Å². The standard InChI is InChI=1S/C16H17BrO2/c17-14-8-9-19-16(14)15(18)10-12-6-3-5-11-4-1-2-7-13(11)12/h1-2,4,7-9,12,15,18H,3,5-6,10H2. The van der Waals surface area contributed by atoms with E-state index < -0.39 is 6.10 Å². The van der Waals surface area contributed by atoms with E-state index in [0.29, 0.717) is 11.7 Å². The van der Waals surface area contributed by atoms with E-state index in [-0.39, 0.29) is 0 Å². The average Bonchev–Trinajstić information content (AvgIpc) is 2.85. The highest BCUT2D eigenvalue weighted by atomic mass is 79.9. The van der Waals surface area contributed by atoms with Gasteiger partial charge in [0.25, 0.3) is 0 Å². The molecule has 2 aromatic rings. The van der Waals surface area contributed by atoms with Crippen LogP contribution in [-0.4, -0.2) is 5.11 Å². The summed E-state index contributed by atoms with van der Waals surface area (Å²) in [6, 6.07) is 10.4. The van der Waals surface area contributed by atoms with Crippen molar-refractivity contribution in [2.75, 3.05) is 0 Å². The Morgan fingerprint density at radius 3 is 2.95 bits per heavy atom. The first-order valence-electron chi connectivity index (χ1n) is 6.74. The van der Waals surface area contributed by atoms with Crippen molar-refractivity contribution in [3.63, 3.8) is 0 Å². The molecule has 0 fully saturated rings. The lowest BCUT2D eigenvalue weighted by Gasteiger charge is -2.26. The summed E-state index contributed by atoms with van der Waals surface area (Å²) in [6.07, 6.45) is 5.30. The number of aliphatic hydroxyl groups is 1. The number of rotatable bonds is 3. The summed E-state index contributed by atoms with van der Waals surface area (Å²) in [7, 11) is 0. The molecule has 0 spiro atoms. The highest BCUT2D eigenvalue weighted by Crippen LogP contribution is 2.39. The van der Waals surface area contributed by atoms with Crippen LogP contribution in [0.15, 0.2) is 45.5 Å². The predicted molar refractivity (Wildman–Crippen MR) is 78.1 cm³/mol. The smallest absolute Gasteiger partial charge is 0.146 e. The Balaban J connectivity index is 1.80. The topological polar surface area (TPSA) is 33.4 Å². The number of aliphatic hydroxyl groups excluding tert-OH is 1. The summed E-state index contributed by atoms with van der Waals surface area (Å²) in [6.45, 7) is 0. The Bertz CT molecular complexity index is 561. The lowest BCUT2D eigenvalue weighted by molar-refractivity contribution is 0.127. The quantitative estimate of drug-likeness (QED) is 0.897. The second-order valence-electron chi connectivity index (χ2n) is 5.17. The fourth-order valence-electron chi connectivity index (χ4n) is 3.02. The molecule has 1 aliphatic carbocycles. The van der Waals surface area contributed by atoms with E-state index in [1.54, 1.807) is 6.26 Å². The molecule has 0 aliphatic heterocycles. The van der Waals surface area contributed by atoms with Crippen molar-refractivity contribution in [3.05, 3.63) is 58.0 Å². The molecule has 0 bridgehead atoms. The summed E-state index contributed by atoms with van der Waals surface area (Å²) >= 11 is 3.41. The molecule has 0 saturated carbocycles. The van der Waals surface area contributed by atoms with Gasteiger partial charge >= 0.3 is 0 Å². The van der Waals surface area contributed by atoms with Crippen LogP contribution in [0.1, 0.15) is 48.2 Å². The third-order valence-corrected chi connectivity index (χ3v) is 4.60. The van der Waals surface area contributed by atoms with Crippen molar-refractivity contribution in [2.24, 2.45) is 0 Å². The lowest BCUT2D eigenvalue weighted by atomic mass is 9.80. The number of hydrogen-bond donors (Lipinski definition) is 1. The molecule has 1 aromatic carbocycles. The van der Waals surface area contributed by atoms with Crippen LogP contribution in [-0.2, 0) is 6.42 Å². The molecule has 3 rings (SSSR count). The molecule has 100 valence electrons. The maximum atomic E-state index is 10.3. The van der Waals surface area contributed by atoms with Crippen LogP contribution in [0.4, 0.5) is 0 Å². The first-order chi connectivity index (χ1) is 9.25. The van der Waals surface area contributed by atoms with Gasteiger partial charge in [0.1, 0.15) is 11.9 Å². The average molecular weight is 321 g/mol. The predicted octanol–water partition coefficient (Wildman–Crippen LogP) is 4.59. The second-order valence-corrected chi connectivity index (χ2v) is 6.03. The molecule has 2 nitrogen and oxygen atoms in total. The van der Waals surface area contributed by atoms with Gasteiger partial charge in [0.15, 0.2) is 0 Å². The third-order valence-electron chi connectivity index (χ3n) is 3.95. The van der Waals surface area contributed by atoms with E-state index in [9.17, 15) is 5.11 Å². The number of aryl methyl sites for hydroxylation is 1. The van der Waals surface area contributed by atoms with Crippen molar-refractivity contribution in [1.82, 2.24) is 0 Å². The molecule has 3 heteroatoms. The maximum Gasteiger partial charge on any atom is 0.146 e. The Morgan fingerprint density at radius 1 is 1.32 bits per heavy atom. The molecule has 1 aliphatic rings. The zero-order valence-corrected chi connectivity index (χ0v) is 12.3. The molecular formula is C16H17BrO2. The normalized spacial score (nSPS) is 20.0. The van der Waals surface area contributed by atoms with Gasteiger partial charge in [-0.1, -0.05) is 24.3 Å². The van der Waals surface area contributed by atoms with E-state index >= 15 is 0 Å². The van der Waals surface area contributed by atoms with Crippen LogP contribution in [0.2, 0.25) is 0 Å². The Hall–Kier alpha value is -1.06. The molecule has 1 aromatic heterocycles. The van der Waals surface area contributed by atoms with Gasteiger partial charge < -0.3 is 9.52 Å².